The van der Waals surface area contributed by atoms with Crippen LogP contribution in [-0.4, -0.2) is 30.2 Å². The number of aromatic nitrogens is 1. The molecule has 9 heteroatoms. The van der Waals surface area contributed by atoms with Crippen molar-refractivity contribution in [3.63, 3.8) is 0 Å². The zero-order valence-corrected chi connectivity index (χ0v) is 16.8. The van der Waals surface area contributed by atoms with Crippen molar-refractivity contribution in [2.75, 3.05) is 7.11 Å². The zero-order chi connectivity index (χ0) is 19.9. The Morgan fingerprint density at radius 2 is 2.11 bits per heavy atom. The van der Waals surface area contributed by atoms with Crippen LogP contribution in [0.3, 0.4) is 0 Å². The fourth-order valence-corrected chi connectivity index (χ4v) is 3.48. The molecule has 0 aliphatic rings. The van der Waals surface area contributed by atoms with Gasteiger partial charge in [-0.2, -0.15) is 5.10 Å². The molecule has 0 aliphatic heterocycles. The molecule has 0 atom stereocenters. The highest BCUT2D eigenvalue weighted by Crippen LogP contribution is 2.28. The van der Waals surface area contributed by atoms with Crippen molar-refractivity contribution in [2.45, 2.75) is 13.3 Å². The minimum Gasteiger partial charge on any atom is -0.493 e. The van der Waals surface area contributed by atoms with Crippen LogP contribution in [0.25, 0.3) is 0 Å². The maximum absolute atomic E-state index is 12.1. The Balaban J connectivity index is 1.60. The lowest BCUT2D eigenvalue weighted by molar-refractivity contribution is -0.120. The number of nitrogens with zero attached hydrogens (tertiary/aromatic N) is 2. The van der Waals surface area contributed by atoms with Crippen molar-refractivity contribution in [1.29, 1.82) is 0 Å². The lowest BCUT2D eigenvalue weighted by Gasteiger charge is -2.09. The molecule has 1 amide bonds. The average molecular weight is 415 g/mol. The molecule has 28 heavy (non-hydrogen) atoms. The number of rotatable bonds is 7. The third-order valence-electron chi connectivity index (χ3n) is 3.52. The largest absolute Gasteiger partial charge is 0.493 e. The van der Waals surface area contributed by atoms with Gasteiger partial charge in [0.25, 0.3) is 0 Å². The van der Waals surface area contributed by atoms with Crippen molar-refractivity contribution in [3.8, 4) is 11.5 Å². The van der Waals surface area contributed by atoms with Crippen LogP contribution in [0.2, 0.25) is 0 Å². The van der Waals surface area contributed by atoms with Crippen molar-refractivity contribution < 1.29 is 19.1 Å². The summed E-state index contributed by atoms with van der Waals surface area (Å²) in [6, 6.07) is 8.46. The molecule has 0 bridgehead atoms. The van der Waals surface area contributed by atoms with Gasteiger partial charge in [0.1, 0.15) is 4.88 Å². The van der Waals surface area contributed by atoms with Crippen molar-refractivity contribution in [1.82, 2.24) is 10.4 Å². The summed E-state index contributed by atoms with van der Waals surface area (Å²) in [5.74, 6) is -0.00612. The molecule has 1 N–H and O–H groups in total. The molecule has 144 valence electrons. The number of carbonyl (C=O) groups is 2. The minimum atomic E-state index is -0.445. The predicted molar refractivity (Wildman–Crippen MR) is 109 cm³/mol. The van der Waals surface area contributed by atoms with Crippen LogP contribution in [0.1, 0.15) is 25.9 Å². The highest BCUT2D eigenvalue weighted by Gasteiger charge is 2.13. The minimum absolute atomic E-state index is 0.169. The second kappa shape index (κ2) is 9.25. The topological polar surface area (TPSA) is 89.9 Å². The van der Waals surface area contributed by atoms with Gasteiger partial charge in [-0.1, -0.05) is 6.07 Å². The molecule has 0 unspecified atom stereocenters. The number of carbonyl (C=O) groups excluding carboxylic acids is 2. The van der Waals surface area contributed by atoms with Gasteiger partial charge in [0.05, 0.1) is 30.4 Å². The van der Waals surface area contributed by atoms with Gasteiger partial charge in [-0.05, 0) is 42.1 Å². The van der Waals surface area contributed by atoms with E-state index in [4.69, 9.17) is 9.47 Å². The standard InChI is InChI=1S/C19H17N3O4S2/c1-12-21-14(11-28-12)9-18(23)22-20-10-13-5-6-15(16(8-13)25-2)26-19(24)17-4-3-7-27-17/h3-8,10-11H,9H2,1-2H3,(H,22,23)/b20-10-. The molecule has 1 aromatic carbocycles. The smallest absolute Gasteiger partial charge is 0.353 e. The van der Waals surface area contributed by atoms with Gasteiger partial charge in [-0.25, -0.2) is 15.2 Å². The van der Waals surface area contributed by atoms with Gasteiger partial charge in [0, 0.05) is 5.38 Å². The van der Waals surface area contributed by atoms with Crippen LogP contribution in [0.4, 0.5) is 0 Å². The number of methoxy groups -OCH3 is 1. The number of aryl methyl sites for hydroxylation is 1. The van der Waals surface area contributed by atoms with E-state index in [1.165, 1.54) is 36.0 Å². The first-order valence-electron chi connectivity index (χ1n) is 8.22. The molecule has 3 aromatic rings. The molecule has 2 heterocycles. The van der Waals surface area contributed by atoms with E-state index in [0.29, 0.717) is 27.6 Å². The summed E-state index contributed by atoms with van der Waals surface area (Å²) in [6.45, 7) is 1.89. The SMILES string of the molecule is COc1cc(/C=N\NC(=O)Cc2csc(C)n2)ccc1OC(=O)c1cccs1. The molecule has 3 rings (SSSR count). The van der Waals surface area contributed by atoms with E-state index >= 15 is 0 Å². The first kappa shape index (κ1) is 19.7. The number of benzene rings is 1. The molecule has 7 nitrogen and oxygen atoms in total. The molecule has 0 fully saturated rings. The third kappa shape index (κ3) is 5.24. The number of ether oxygens (including phenoxy) is 2. The first-order chi connectivity index (χ1) is 13.5. The Morgan fingerprint density at radius 1 is 1.25 bits per heavy atom. The number of thiophene rings is 1. The van der Waals surface area contributed by atoms with Crippen LogP contribution >= 0.6 is 22.7 Å². The second-order valence-electron chi connectivity index (χ2n) is 5.60. The van der Waals surface area contributed by atoms with Gasteiger partial charge in [0.2, 0.25) is 5.91 Å². The third-order valence-corrected chi connectivity index (χ3v) is 5.20. The first-order valence-corrected chi connectivity index (χ1v) is 9.97. The van der Waals surface area contributed by atoms with E-state index in [-0.39, 0.29) is 12.3 Å². The zero-order valence-electron chi connectivity index (χ0n) is 15.2. The highest BCUT2D eigenvalue weighted by molar-refractivity contribution is 7.12. The molecule has 2 aromatic heterocycles. The summed E-state index contributed by atoms with van der Waals surface area (Å²) in [5, 5.41) is 8.51. The van der Waals surface area contributed by atoms with Crippen molar-refractivity contribution in [3.05, 3.63) is 62.2 Å². The van der Waals surface area contributed by atoms with Crippen LogP contribution in [-0.2, 0) is 11.2 Å². The Hall–Kier alpha value is -3.04. The number of nitrogens with one attached hydrogen (secondary N) is 1. The Kier molecular flexibility index (Phi) is 6.51. The molecule has 0 saturated heterocycles. The van der Waals surface area contributed by atoms with Gasteiger partial charge in [-0.15, -0.1) is 22.7 Å². The van der Waals surface area contributed by atoms with E-state index in [0.717, 1.165) is 5.01 Å². The van der Waals surface area contributed by atoms with Crippen LogP contribution in [0, 0.1) is 6.92 Å². The average Bonchev–Trinajstić information content (AvgIpc) is 3.34. The van der Waals surface area contributed by atoms with Crippen molar-refractivity contribution >= 4 is 40.8 Å². The van der Waals surface area contributed by atoms with E-state index in [1.807, 2.05) is 12.3 Å². The van der Waals surface area contributed by atoms with Gasteiger partial charge >= 0.3 is 5.97 Å². The summed E-state index contributed by atoms with van der Waals surface area (Å²) in [5.41, 5.74) is 3.86. The van der Waals surface area contributed by atoms with E-state index in [2.05, 4.69) is 15.5 Å². The summed E-state index contributed by atoms with van der Waals surface area (Å²) in [6.07, 6.45) is 1.65. The highest BCUT2D eigenvalue weighted by atomic mass is 32.1. The fraction of sp³-hybridized carbons (Fsp3) is 0.158. The van der Waals surface area contributed by atoms with Crippen LogP contribution in [0.15, 0.2) is 46.2 Å². The molecule has 0 aliphatic carbocycles. The number of thiazole rings is 1. The summed E-state index contributed by atoms with van der Waals surface area (Å²) in [4.78, 5) is 28.7. The molecule has 0 radical (unpaired) electrons. The lowest BCUT2D eigenvalue weighted by Crippen LogP contribution is -2.19. The van der Waals surface area contributed by atoms with E-state index in [9.17, 15) is 9.59 Å². The summed E-state index contributed by atoms with van der Waals surface area (Å²) in [7, 11) is 1.48. The number of hydrogen-bond acceptors (Lipinski definition) is 8. The fourth-order valence-electron chi connectivity index (χ4n) is 2.27. The Labute approximate surface area is 169 Å². The van der Waals surface area contributed by atoms with E-state index in [1.54, 1.807) is 35.7 Å². The number of hydrogen-bond donors (Lipinski definition) is 1. The van der Waals surface area contributed by atoms with Gasteiger partial charge in [-0.3, -0.25) is 4.79 Å². The van der Waals surface area contributed by atoms with Crippen LogP contribution in [0.5, 0.6) is 11.5 Å². The number of amides is 1. The van der Waals surface area contributed by atoms with Crippen LogP contribution < -0.4 is 14.9 Å². The monoisotopic (exact) mass is 415 g/mol. The number of hydrazone groups is 1. The van der Waals surface area contributed by atoms with Gasteiger partial charge in [0.15, 0.2) is 11.5 Å². The van der Waals surface area contributed by atoms with Gasteiger partial charge < -0.3 is 9.47 Å². The maximum atomic E-state index is 12.1. The van der Waals surface area contributed by atoms with Crippen molar-refractivity contribution in [2.24, 2.45) is 5.10 Å². The number of esters is 1. The second-order valence-corrected chi connectivity index (χ2v) is 7.61. The maximum Gasteiger partial charge on any atom is 0.353 e. The molecular weight excluding hydrogens is 398 g/mol. The summed E-state index contributed by atoms with van der Waals surface area (Å²) < 4.78 is 10.7. The lowest BCUT2D eigenvalue weighted by atomic mass is 10.2. The van der Waals surface area contributed by atoms with E-state index < -0.39 is 5.97 Å². The quantitative estimate of drug-likeness (QED) is 0.276. The Morgan fingerprint density at radius 3 is 2.79 bits per heavy atom. The normalized spacial score (nSPS) is 10.8. The molecule has 0 spiro atoms. The summed E-state index contributed by atoms with van der Waals surface area (Å²) >= 11 is 2.80. The molecule has 0 saturated carbocycles. The molecular formula is C19H17N3O4S2. The Bertz CT molecular complexity index is 997. The predicted octanol–water partition coefficient (Wildman–Crippen LogP) is 3.43.